The maximum absolute atomic E-state index is 12.9. The Kier molecular flexibility index (Phi) is 9.66. The minimum Gasteiger partial charge on any atom is -0.379 e. The van der Waals surface area contributed by atoms with E-state index in [0.29, 0.717) is 41.9 Å². The average Bonchev–Trinajstić information content (AvgIpc) is 2.57. The van der Waals surface area contributed by atoms with E-state index >= 15 is 0 Å². The first-order valence-electron chi connectivity index (χ1n) is 8.44. The molecule has 2 fully saturated rings. The lowest BCUT2D eigenvalue weighted by molar-refractivity contribution is -0.00615. The molecule has 2 heterocycles. The van der Waals surface area contributed by atoms with Crippen LogP contribution in [0.15, 0.2) is 23.1 Å². The first-order valence-corrected chi connectivity index (χ1v) is 10.3. The van der Waals surface area contributed by atoms with Gasteiger partial charge in [0, 0.05) is 56.1 Å². The Morgan fingerprint density at radius 1 is 1.35 bits per heavy atom. The first kappa shape index (κ1) is 24.0. The number of morpholine rings is 1. The third kappa shape index (κ3) is 5.48. The van der Waals surface area contributed by atoms with E-state index in [9.17, 15) is 8.42 Å². The van der Waals surface area contributed by atoms with E-state index in [1.807, 2.05) is 6.08 Å². The van der Waals surface area contributed by atoms with Crippen LogP contribution in [-0.2, 0) is 14.8 Å². The molecule has 2 aliphatic heterocycles. The SMILES string of the molecule is C[C@H]1COCCN1C[C@H]1CN(S(=O)(=O)C2=CC=CCC2=S)CCN1.Cl.Cl. The largest absolute Gasteiger partial charge is 0.379 e. The molecule has 2 saturated heterocycles. The van der Waals surface area contributed by atoms with Crippen molar-refractivity contribution in [3.05, 3.63) is 23.1 Å². The molecule has 0 aromatic heterocycles. The molecule has 0 spiro atoms. The molecule has 3 rings (SSSR count). The number of nitrogens with one attached hydrogen (secondary N) is 1. The molecule has 0 amide bonds. The highest BCUT2D eigenvalue weighted by Crippen LogP contribution is 2.22. The van der Waals surface area contributed by atoms with Gasteiger partial charge in [0.25, 0.3) is 0 Å². The van der Waals surface area contributed by atoms with Gasteiger partial charge in [0.2, 0.25) is 10.0 Å². The van der Waals surface area contributed by atoms with Gasteiger partial charge in [-0.2, -0.15) is 4.31 Å². The summed E-state index contributed by atoms with van der Waals surface area (Å²) in [7, 11) is -3.50. The smallest absolute Gasteiger partial charge is 0.244 e. The van der Waals surface area contributed by atoms with E-state index in [-0.39, 0.29) is 30.9 Å². The maximum atomic E-state index is 12.9. The number of nitrogens with zero attached hydrogens (tertiary/aromatic N) is 2. The first-order chi connectivity index (χ1) is 11.5. The topological polar surface area (TPSA) is 61.9 Å². The van der Waals surface area contributed by atoms with E-state index in [2.05, 4.69) is 17.1 Å². The number of hydrogen-bond acceptors (Lipinski definition) is 6. The van der Waals surface area contributed by atoms with Crippen molar-refractivity contribution < 1.29 is 13.2 Å². The number of piperazine rings is 1. The quantitative estimate of drug-likeness (QED) is 0.661. The molecule has 10 heteroatoms. The number of hydrogen-bond donors (Lipinski definition) is 1. The van der Waals surface area contributed by atoms with Crippen LogP contribution in [0.3, 0.4) is 0 Å². The summed E-state index contributed by atoms with van der Waals surface area (Å²) in [5.41, 5.74) is 0. The van der Waals surface area contributed by atoms with Crippen molar-refractivity contribution in [2.24, 2.45) is 0 Å². The van der Waals surface area contributed by atoms with Crippen LogP contribution in [0.2, 0.25) is 0 Å². The molecule has 3 aliphatic rings. The Bertz CT molecular complexity index is 655. The number of allylic oxidation sites excluding steroid dienone is 4. The molecule has 0 radical (unpaired) electrons. The van der Waals surface area contributed by atoms with Crippen LogP contribution in [0.4, 0.5) is 0 Å². The van der Waals surface area contributed by atoms with Gasteiger partial charge in [-0.1, -0.05) is 24.4 Å². The molecular weight excluding hydrogens is 417 g/mol. The summed E-state index contributed by atoms with van der Waals surface area (Å²) in [5, 5.41) is 3.45. The summed E-state index contributed by atoms with van der Waals surface area (Å²) in [6.07, 6.45) is 5.82. The zero-order valence-electron chi connectivity index (χ0n) is 14.8. The van der Waals surface area contributed by atoms with E-state index in [1.54, 1.807) is 16.5 Å². The van der Waals surface area contributed by atoms with Crippen LogP contribution in [0, 0.1) is 0 Å². The van der Waals surface area contributed by atoms with Crippen molar-refractivity contribution in [3.63, 3.8) is 0 Å². The van der Waals surface area contributed by atoms with Crippen molar-refractivity contribution in [1.29, 1.82) is 0 Å². The lowest BCUT2D eigenvalue weighted by Gasteiger charge is -2.39. The summed E-state index contributed by atoms with van der Waals surface area (Å²) in [6, 6.07) is 0.494. The van der Waals surface area contributed by atoms with Gasteiger partial charge >= 0.3 is 0 Å². The van der Waals surface area contributed by atoms with Gasteiger partial charge in [-0.15, -0.1) is 24.8 Å². The number of ether oxygens (including phenoxy) is 1. The fourth-order valence-corrected chi connectivity index (χ4v) is 5.43. The highest BCUT2D eigenvalue weighted by Gasteiger charge is 2.34. The molecule has 1 N–H and O–H groups in total. The van der Waals surface area contributed by atoms with Gasteiger partial charge in [-0.25, -0.2) is 8.42 Å². The third-order valence-electron chi connectivity index (χ3n) is 4.76. The molecule has 2 atom stereocenters. The van der Waals surface area contributed by atoms with Crippen LogP contribution in [0.5, 0.6) is 0 Å². The average molecular weight is 444 g/mol. The lowest BCUT2D eigenvalue weighted by Crippen LogP contribution is -2.58. The van der Waals surface area contributed by atoms with E-state index in [0.717, 1.165) is 26.3 Å². The van der Waals surface area contributed by atoms with Gasteiger partial charge < -0.3 is 10.1 Å². The minimum atomic E-state index is -3.50. The van der Waals surface area contributed by atoms with Gasteiger partial charge in [0.15, 0.2) is 0 Å². The number of sulfonamides is 1. The lowest BCUT2D eigenvalue weighted by atomic mass is 10.2. The van der Waals surface area contributed by atoms with Gasteiger partial charge in [0.1, 0.15) is 0 Å². The summed E-state index contributed by atoms with van der Waals surface area (Å²) in [4.78, 5) is 3.17. The molecule has 150 valence electrons. The zero-order valence-corrected chi connectivity index (χ0v) is 18.1. The molecule has 0 bridgehead atoms. The van der Waals surface area contributed by atoms with Crippen molar-refractivity contribution >= 4 is 51.9 Å². The van der Waals surface area contributed by atoms with Crippen molar-refractivity contribution in [2.45, 2.75) is 25.4 Å². The molecular formula is C16H27Cl2N3O3S2. The predicted octanol–water partition coefficient (Wildman–Crippen LogP) is 1.37. The van der Waals surface area contributed by atoms with Crippen LogP contribution < -0.4 is 5.32 Å². The normalized spacial score (nSPS) is 28.0. The van der Waals surface area contributed by atoms with Crippen LogP contribution in [-0.4, -0.2) is 80.5 Å². The molecule has 0 saturated carbocycles. The molecule has 6 nitrogen and oxygen atoms in total. The van der Waals surface area contributed by atoms with E-state index < -0.39 is 10.0 Å². The number of thiocarbonyl (C=S) groups is 1. The van der Waals surface area contributed by atoms with Crippen molar-refractivity contribution in [1.82, 2.24) is 14.5 Å². The molecule has 0 aromatic carbocycles. The Hall–Kier alpha value is -0.0600. The summed E-state index contributed by atoms with van der Waals surface area (Å²) in [5.74, 6) is 0. The molecule has 26 heavy (non-hydrogen) atoms. The monoisotopic (exact) mass is 443 g/mol. The molecule has 0 unspecified atom stereocenters. The van der Waals surface area contributed by atoms with Crippen LogP contribution >= 0.6 is 37.0 Å². The second-order valence-electron chi connectivity index (χ2n) is 6.52. The van der Waals surface area contributed by atoms with E-state index in [4.69, 9.17) is 17.0 Å². The van der Waals surface area contributed by atoms with E-state index in [1.165, 1.54) is 0 Å². The second-order valence-corrected chi connectivity index (χ2v) is 8.92. The second kappa shape index (κ2) is 10.5. The third-order valence-corrected chi connectivity index (χ3v) is 7.22. The maximum Gasteiger partial charge on any atom is 0.244 e. The standard InChI is InChI=1S/C16H25N3O3S2.2ClH/c1-13-12-22-9-8-18(13)10-14-11-19(7-6-17-14)24(20,21)16-5-3-2-4-15(16)23;;/h2-3,5,13-14,17H,4,6-12H2,1H3;2*1H/t13-,14-;;/m0../s1. The minimum absolute atomic E-state index is 0. The zero-order chi connectivity index (χ0) is 17.2. The highest BCUT2D eigenvalue weighted by atomic mass is 35.5. The fourth-order valence-electron chi connectivity index (χ4n) is 3.34. The van der Waals surface area contributed by atoms with Crippen LogP contribution in [0.1, 0.15) is 13.3 Å². The van der Waals surface area contributed by atoms with Gasteiger partial charge in [0.05, 0.1) is 18.1 Å². The number of rotatable bonds is 4. The summed E-state index contributed by atoms with van der Waals surface area (Å²) < 4.78 is 32.9. The summed E-state index contributed by atoms with van der Waals surface area (Å²) in [6.45, 7) is 6.99. The highest BCUT2D eigenvalue weighted by molar-refractivity contribution is 7.96. The van der Waals surface area contributed by atoms with Crippen molar-refractivity contribution in [3.8, 4) is 0 Å². The van der Waals surface area contributed by atoms with Crippen molar-refractivity contribution in [2.75, 3.05) is 45.9 Å². The summed E-state index contributed by atoms with van der Waals surface area (Å²) >= 11 is 5.26. The Labute approximate surface area is 173 Å². The molecule has 1 aliphatic carbocycles. The van der Waals surface area contributed by atoms with Gasteiger partial charge in [-0.05, 0) is 13.0 Å². The predicted molar refractivity (Wildman–Crippen MR) is 113 cm³/mol. The molecule has 0 aromatic rings. The Morgan fingerprint density at radius 2 is 2.12 bits per heavy atom. The number of halogens is 2. The van der Waals surface area contributed by atoms with Gasteiger partial charge in [-0.3, -0.25) is 4.90 Å². The fraction of sp³-hybridized carbons (Fsp3) is 0.688. The Morgan fingerprint density at radius 3 is 2.81 bits per heavy atom. The van der Waals surface area contributed by atoms with Crippen LogP contribution in [0.25, 0.3) is 0 Å². The Balaban J connectivity index is 0.00000169.